The lowest BCUT2D eigenvalue weighted by Gasteiger charge is -2.36. The van der Waals surface area contributed by atoms with E-state index in [9.17, 15) is 0 Å². The molecule has 3 heteroatoms. The maximum Gasteiger partial charge on any atom is 0.140 e. The second-order valence-corrected chi connectivity index (χ2v) is 7.84. The van der Waals surface area contributed by atoms with Crippen LogP contribution in [0.1, 0.15) is 30.5 Å². The second-order valence-electron chi connectivity index (χ2n) is 6.56. The molecule has 0 amide bonds. The first-order chi connectivity index (χ1) is 11.1. The van der Waals surface area contributed by atoms with Crippen molar-refractivity contribution in [3.8, 4) is 11.5 Å². The summed E-state index contributed by atoms with van der Waals surface area (Å²) >= 11 is 0. The molecule has 0 aliphatic carbocycles. The van der Waals surface area contributed by atoms with Crippen molar-refractivity contribution in [1.29, 1.82) is 0 Å². The molecule has 1 aromatic heterocycles. The molecule has 23 heavy (non-hydrogen) atoms. The van der Waals surface area contributed by atoms with Crippen molar-refractivity contribution in [3.63, 3.8) is 0 Å². The zero-order valence-electron chi connectivity index (χ0n) is 13.6. The highest BCUT2D eigenvalue weighted by Crippen LogP contribution is 2.49. The Kier molecular flexibility index (Phi) is 3.32. The van der Waals surface area contributed by atoms with Gasteiger partial charge in [-0.2, -0.15) is 0 Å². The van der Waals surface area contributed by atoms with Crippen molar-refractivity contribution in [2.45, 2.75) is 26.2 Å². The Morgan fingerprint density at radius 2 is 1.52 bits per heavy atom. The van der Waals surface area contributed by atoms with Gasteiger partial charge in [0.15, 0.2) is 0 Å². The molecular weight excluding hydrogens is 301 g/mol. The van der Waals surface area contributed by atoms with Crippen molar-refractivity contribution in [2.75, 3.05) is 0 Å². The van der Waals surface area contributed by atoms with Gasteiger partial charge in [-0.3, -0.25) is 0 Å². The van der Waals surface area contributed by atoms with Gasteiger partial charge in [-0.05, 0) is 30.7 Å². The molecule has 1 aliphatic rings. The third-order valence-electron chi connectivity index (χ3n) is 4.63. The van der Waals surface area contributed by atoms with Gasteiger partial charge in [0.2, 0.25) is 0 Å². The van der Waals surface area contributed by atoms with E-state index in [-0.39, 0.29) is 5.41 Å². The number of hydrogen-bond acceptors (Lipinski definition) is 1. The van der Waals surface area contributed by atoms with Crippen LogP contribution in [0.4, 0.5) is 0 Å². The Balaban J connectivity index is 1.88. The van der Waals surface area contributed by atoms with Crippen LogP contribution in [-0.4, -0.2) is 4.34 Å². The highest BCUT2D eigenvalue weighted by atomic mass is 31.1. The van der Waals surface area contributed by atoms with E-state index in [0.717, 1.165) is 11.5 Å². The number of fused-ring (bicyclic) bond motifs is 2. The van der Waals surface area contributed by atoms with Crippen LogP contribution in [0.3, 0.4) is 0 Å². The van der Waals surface area contributed by atoms with Gasteiger partial charge in [0.05, 0.1) is 0 Å². The average molecular weight is 321 g/mol. The molecule has 0 fully saturated rings. The van der Waals surface area contributed by atoms with E-state index in [4.69, 9.17) is 4.74 Å². The summed E-state index contributed by atoms with van der Waals surface area (Å²) in [6.45, 7) is 6.70. The van der Waals surface area contributed by atoms with Crippen LogP contribution in [0, 0.1) is 6.92 Å². The van der Waals surface area contributed by atoms with E-state index in [0.29, 0.717) is 8.73 Å². The quantitative estimate of drug-likeness (QED) is 0.606. The largest absolute Gasteiger partial charge is 0.456 e. The number of aryl methyl sites for hydroxylation is 1. The number of benzene rings is 2. The van der Waals surface area contributed by atoms with Crippen LogP contribution in [-0.2, 0) is 5.41 Å². The fourth-order valence-electron chi connectivity index (χ4n) is 3.30. The molecule has 0 spiro atoms. The predicted molar refractivity (Wildman–Crippen MR) is 97.6 cm³/mol. The average Bonchev–Trinajstić information content (AvgIpc) is 3.02. The van der Waals surface area contributed by atoms with Crippen LogP contribution >= 0.6 is 8.73 Å². The zero-order chi connectivity index (χ0) is 16.0. The minimum Gasteiger partial charge on any atom is -0.456 e. The molecule has 0 radical (unpaired) electrons. The molecule has 1 unspecified atom stereocenters. The third kappa shape index (κ3) is 2.29. The monoisotopic (exact) mass is 321 g/mol. The van der Waals surface area contributed by atoms with E-state index in [1.807, 2.05) is 0 Å². The molecule has 1 aliphatic heterocycles. The molecule has 2 aromatic carbocycles. The fourth-order valence-corrected chi connectivity index (χ4v) is 4.36. The molecule has 4 rings (SSSR count). The Labute approximate surface area is 139 Å². The van der Waals surface area contributed by atoms with Crippen LogP contribution in [0.15, 0.2) is 60.9 Å². The number of para-hydroxylation sites is 2. The van der Waals surface area contributed by atoms with E-state index < -0.39 is 0 Å². The zero-order valence-corrected chi connectivity index (χ0v) is 14.6. The molecule has 0 saturated carbocycles. The van der Waals surface area contributed by atoms with E-state index in [1.165, 1.54) is 22.0 Å². The van der Waals surface area contributed by atoms with Crippen LogP contribution < -0.4 is 10.0 Å². The predicted octanol–water partition coefficient (Wildman–Crippen LogP) is 5.00. The highest BCUT2D eigenvalue weighted by molar-refractivity contribution is 7.45. The van der Waals surface area contributed by atoms with Crippen molar-refractivity contribution in [3.05, 3.63) is 77.6 Å². The molecule has 0 bridgehead atoms. The molecule has 2 nitrogen and oxygen atoms in total. The first-order valence-corrected chi connectivity index (χ1v) is 8.83. The summed E-state index contributed by atoms with van der Waals surface area (Å²) in [5, 5.41) is 1.25. The molecule has 116 valence electrons. The molecule has 1 atom stereocenters. The van der Waals surface area contributed by atoms with Gasteiger partial charge in [0, 0.05) is 43.0 Å². The van der Waals surface area contributed by atoms with Crippen molar-refractivity contribution in [2.24, 2.45) is 0 Å². The number of aromatic nitrogens is 1. The van der Waals surface area contributed by atoms with E-state index in [2.05, 4.69) is 86.0 Å². The third-order valence-corrected chi connectivity index (χ3v) is 5.82. The Hall–Kier alpha value is -2.05. The topological polar surface area (TPSA) is 14.2 Å². The molecular formula is C20H20NOP. The minimum atomic E-state index is -0.0495. The summed E-state index contributed by atoms with van der Waals surface area (Å²) in [7, 11) is 0.542. The Morgan fingerprint density at radius 3 is 2.26 bits per heavy atom. The van der Waals surface area contributed by atoms with Gasteiger partial charge in [-0.1, -0.05) is 44.2 Å². The van der Waals surface area contributed by atoms with Gasteiger partial charge in [-0.15, -0.1) is 0 Å². The van der Waals surface area contributed by atoms with E-state index in [1.54, 1.807) is 0 Å². The van der Waals surface area contributed by atoms with Crippen LogP contribution in [0.5, 0.6) is 11.5 Å². The lowest BCUT2D eigenvalue weighted by atomic mass is 9.75. The lowest BCUT2D eigenvalue weighted by Crippen LogP contribution is -2.27. The first-order valence-electron chi connectivity index (χ1n) is 7.89. The van der Waals surface area contributed by atoms with Crippen LogP contribution in [0.2, 0.25) is 0 Å². The normalized spacial score (nSPS) is 15.3. The summed E-state index contributed by atoms with van der Waals surface area (Å²) in [5.74, 6) is 2.06. The van der Waals surface area contributed by atoms with Gasteiger partial charge < -0.3 is 9.07 Å². The summed E-state index contributed by atoms with van der Waals surface area (Å²) < 4.78 is 8.63. The molecule has 0 saturated heterocycles. The highest BCUT2D eigenvalue weighted by Gasteiger charge is 2.35. The molecule has 0 N–H and O–H groups in total. The number of nitrogens with zero attached hydrogens (tertiary/aromatic N) is 1. The first kappa shape index (κ1) is 14.5. The second kappa shape index (κ2) is 5.25. The lowest BCUT2D eigenvalue weighted by molar-refractivity contribution is 0.418. The van der Waals surface area contributed by atoms with Gasteiger partial charge >= 0.3 is 0 Å². The smallest absolute Gasteiger partial charge is 0.140 e. The summed E-state index contributed by atoms with van der Waals surface area (Å²) in [5.41, 5.74) is 3.69. The molecule has 3 aromatic rings. The Bertz CT molecular complexity index is 865. The van der Waals surface area contributed by atoms with Crippen molar-refractivity contribution < 1.29 is 4.74 Å². The standard InChI is InChI=1S/C20H20NOP/c1-14-8-6-9-15-18(14)22-19-16(20(15,2)3)10-7-11-17(19)23-21-12-4-5-13-21/h4-13,23H,1-3H3. The van der Waals surface area contributed by atoms with Crippen LogP contribution in [0.25, 0.3) is 0 Å². The van der Waals surface area contributed by atoms with Crippen molar-refractivity contribution in [1.82, 2.24) is 4.34 Å². The number of hydrogen-bond donors (Lipinski definition) is 0. The van der Waals surface area contributed by atoms with Gasteiger partial charge in [0.25, 0.3) is 0 Å². The summed E-state index contributed by atoms with van der Waals surface area (Å²) in [6, 6.07) is 17.1. The Morgan fingerprint density at radius 1 is 0.870 bits per heavy atom. The summed E-state index contributed by atoms with van der Waals surface area (Å²) in [4.78, 5) is 0. The maximum atomic E-state index is 6.42. The SMILES string of the molecule is Cc1cccc2c1Oc1c(Pn3cccc3)cccc1C2(C)C. The number of rotatable bonds is 2. The number of ether oxygens (including phenoxy) is 1. The minimum absolute atomic E-state index is 0.0495. The summed E-state index contributed by atoms with van der Waals surface area (Å²) in [6.07, 6.45) is 4.20. The van der Waals surface area contributed by atoms with Crippen molar-refractivity contribution >= 4 is 14.0 Å². The van der Waals surface area contributed by atoms with Gasteiger partial charge in [0.1, 0.15) is 11.5 Å². The maximum absolute atomic E-state index is 6.42. The van der Waals surface area contributed by atoms with E-state index >= 15 is 0 Å². The fraction of sp³-hybridized carbons (Fsp3) is 0.200. The molecule has 2 heterocycles. The van der Waals surface area contributed by atoms with Gasteiger partial charge in [-0.25, -0.2) is 0 Å².